The summed E-state index contributed by atoms with van der Waals surface area (Å²) in [5.41, 5.74) is 8.10. The highest BCUT2D eigenvalue weighted by Gasteiger charge is 2.28. The first-order valence-corrected chi connectivity index (χ1v) is 6.88. The Labute approximate surface area is 115 Å². The van der Waals surface area contributed by atoms with Gasteiger partial charge in [0.1, 0.15) is 0 Å². The van der Waals surface area contributed by atoms with Crippen LogP contribution in [0.3, 0.4) is 0 Å². The molecule has 1 amide bonds. The van der Waals surface area contributed by atoms with E-state index in [1.54, 1.807) is 0 Å². The highest BCUT2D eigenvalue weighted by molar-refractivity contribution is 6.00. The number of para-hydroxylation sites is 2. The van der Waals surface area contributed by atoms with Crippen molar-refractivity contribution < 1.29 is 4.79 Å². The highest BCUT2D eigenvalue weighted by Crippen LogP contribution is 2.32. The number of hydrogen-bond acceptors (Lipinski definition) is 3. The number of hydrogen-bond donors (Lipinski definition) is 1. The number of rotatable bonds is 3. The Bertz CT molecular complexity index is 458. The second-order valence-corrected chi connectivity index (χ2v) is 5.64. The van der Waals surface area contributed by atoms with Gasteiger partial charge in [-0.3, -0.25) is 4.79 Å². The van der Waals surface area contributed by atoms with Crippen LogP contribution in [0.5, 0.6) is 0 Å². The van der Waals surface area contributed by atoms with E-state index in [0.29, 0.717) is 12.5 Å². The monoisotopic (exact) mass is 261 g/mol. The summed E-state index contributed by atoms with van der Waals surface area (Å²) in [6.07, 6.45) is 0.730. The van der Waals surface area contributed by atoms with Crippen molar-refractivity contribution in [3.8, 4) is 0 Å². The summed E-state index contributed by atoms with van der Waals surface area (Å²) >= 11 is 0. The van der Waals surface area contributed by atoms with E-state index in [2.05, 4.69) is 25.8 Å². The maximum atomic E-state index is 12.5. The Morgan fingerprint density at radius 3 is 2.53 bits per heavy atom. The smallest absolute Gasteiger partial charge is 0.244 e. The number of carbonyl (C=O) groups is 1. The zero-order chi connectivity index (χ0) is 14.0. The van der Waals surface area contributed by atoms with Gasteiger partial charge in [-0.2, -0.15) is 0 Å². The van der Waals surface area contributed by atoms with Crippen LogP contribution in [-0.4, -0.2) is 32.1 Å². The normalized spacial score (nSPS) is 16.5. The molecule has 1 aromatic carbocycles. The lowest BCUT2D eigenvalue weighted by atomic mass is 10.0. The van der Waals surface area contributed by atoms with Crippen molar-refractivity contribution in [3.63, 3.8) is 0 Å². The van der Waals surface area contributed by atoms with Gasteiger partial charge in [-0.05, 0) is 24.5 Å². The molecule has 4 nitrogen and oxygen atoms in total. The number of benzene rings is 1. The van der Waals surface area contributed by atoms with Gasteiger partial charge in [-0.25, -0.2) is 0 Å². The van der Waals surface area contributed by atoms with Crippen LogP contribution in [0.4, 0.5) is 11.4 Å². The summed E-state index contributed by atoms with van der Waals surface area (Å²) in [6, 6.07) is 7.59. The minimum Gasteiger partial charge on any atom is -0.371 e. The molecule has 0 aliphatic carbocycles. The molecule has 0 saturated heterocycles. The van der Waals surface area contributed by atoms with Gasteiger partial charge in [0, 0.05) is 20.1 Å². The third-order valence-electron chi connectivity index (χ3n) is 3.55. The van der Waals surface area contributed by atoms with Crippen LogP contribution in [0.2, 0.25) is 0 Å². The minimum absolute atomic E-state index is 0.0363. The lowest BCUT2D eigenvalue weighted by Crippen LogP contribution is -2.49. The lowest BCUT2D eigenvalue weighted by Gasteiger charge is -2.36. The fourth-order valence-corrected chi connectivity index (χ4v) is 2.54. The largest absolute Gasteiger partial charge is 0.371 e. The molecule has 1 aliphatic heterocycles. The summed E-state index contributed by atoms with van der Waals surface area (Å²) in [5, 5.41) is 0. The molecule has 4 heteroatoms. The number of amides is 1. The molecule has 0 aromatic heterocycles. The van der Waals surface area contributed by atoms with Crippen LogP contribution < -0.4 is 15.5 Å². The average molecular weight is 261 g/mol. The van der Waals surface area contributed by atoms with Gasteiger partial charge in [-0.15, -0.1) is 0 Å². The number of likely N-dealkylation sites (N-methyl/N-ethyl adjacent to an activating group) is 1. The topological polar surface area (TPSA) is 49.6 Å². The molecule has 0 radical (unpaired) electrons. The number of anilines is 2. The molecule has 1 heterocycles. The molecule has 0 saturated carbocycles. The fraction of sp³-hybridized carbons (Fsp3) is 0.533. The molecule has 0 fully saturated rings. The highest BCUT2D eigenvalue weighted by atomic mass is 16.2. The second kappa shape index (κ2) is 5.61. The van der Waals surface area contributed by atoms with Crippen LogP contribution in [-0.2, 0) is 4.79 Å². The molecule has 104 valence electrons. The van der Waals surface area contributed by atoms with Crippen molar-refractivity contribution in [1.29, 1.82) is 0 Å². The first-order valence-electron chi connectivity index (χ1n) is 6.88. The zero-order valence-electron chi connectivity index (χ0n) is 12.0. The summed E-state index contributed by atoms with van der Waals surface area (Å²) in [4.78, 5) is 16.5. The predicted octanol–water partition coefficient (Wildman–Crippen LogP) is 1.84. The Balaban J connectivity index is 2.22. The molecule has 1 aliphatic rings. The van der Waals surface area contributed by atoms with Crippen molar-refractivity contribution in [3.05, 3.63) is 24.3 Å². The first kappa shape index (κ1) is 13.9. The van der Waals surface area contributed by atoms with E-state index in [1.807, 2.05) is 29.2 Å². The Kier molecular flexibility index (Phi) is 4.10. The van der Waals surface area contributed by atoms with Crippen LogP contribution in [0, 0.1) is 5.92 Å². The molecule has 0 unspecified atom stereocenters. The predicted molar refractivity (Wildman–Crippen MR) is 79.5 cm³/mol. The van der Waals surface area contributed by atoms with E-state index in [0.717, 1.165) is 24.3 Å². The SMILES string of the molecule is CC(C)C[C@H](N)C(=O)N1CCN(C)c2ccccc21. The van der Waals surface area contributed by atoms with Gasteiger partial charge < -0.3 is 15.5 Å². The van der Waals surface area contributed by atoms with Gasteiger partial charge in [0.15, 0.2) is 0 Å². The molecule has 2 N–H and O–H groups in total. The second-order valence-electron chi connectivity index (χ2n) is 5.64. The maximum absolute atomic E-state index is 12.5. The van der Waals surface area contributed by atoms with Crippen LogP contribution in [0.1, 0.15) is 20.3 Å². The standard InChI is InChI=1S/C15H23N3O/c1-11(2)10-12(16)15(19)18-9-8-17(3)13-6-4-5-7-14(13)18/h4-7,11-12H,8-10,16H2,1-3H3/t12-/m0/s1. The van der Waals surface area contributed by atoms with Crippen molar-refractivity contribution >= 4 is 17.3 Å². The third-order valence-corrected chi connectivity index (χ3v) is 3.55. The fourth-order valence-electron chi connectivity index (χ4n) is 2.54. The van der Waals surface area contributed by atoms with E-state index in [1.165, 1.54) is 0 Å². The van der Waals surface area contributed by atoms with Crippen molar-refractivity contribution in [2.24, 2.45) is 11.7 Å². The van der Waals surface area contributed by atoms with E-state index in [-0.39, 0.29) is 5.91 Å². The van der Waals surface area contributed by atoms with Crippen LogP contribution in [0.25, 0.3) is 0 Å². The number of nitrogens with two attached hydrogens (primary N) is 1. The molecular weight excluding hydrogens is 238 g/mol. The Hall–Kier alpha value is -1.55. The van der Waals surface area contributed by atoms with Gasteiger partial charge >= 0.3 is 0 Å². The molecule has 0 spiro atoms. The summed E-state index contributed by atoms with van der Waals surface area (Å²) in [6.45, 7) is 5.73. The number of nitrogens with zero attached hydrogens (tertiary/aromatic N) is 2. The summed E-state index contributed by atoms with van der Waals surface area (Å²) in [5.74, 6) is 0.468. The van der Waals surface area contributed by atoms with Gasteiger partial charge in [0.25, 0.3) is 0 Å². The summed E-state index contributed by atoms with van der Waals surface area (Å²) < 4.78 is 0. The molecule has 0 bridgehead atoms. The van der Waals surface area contributed by atoms with Crippen LogP contribution in [0.15, 0.2) is 24.3 Å². The Morgan fingerprint density at radius 1 is 1.26 bits per heavy atom. The van der Waals surface area contributed by atoms with E-state index in [9.17, 15) is 4.79 Å². The third kappa shape index (κ3) is 2.89. The van der Waals surface area contributed by atoms with Gasteiger partial charge in [-0.1, -0.05) is 26.0 Å². The Morgan fingerprint density at radius 2 is 1.89 bits per heavy atom. The van der Waals surface area contributed by atoms with Crippen LogP contribution >= 0.6 is 0 Å². The van der Waals surface area contributed by atoms with Crippen molar-refractivity contribution in [2.45, 2.75) is 26.3 Å². The van der Waals surface area contributed by atoms with Gasteiger partial charge in [0.2, 0.25) is 5.91 Å². The van der Waals surface area contributed by atoms with E-state index < -0.39 is 6.04 Å². The van der Waals surface area contributed by atoms with Gasteiger partial charge in [0.05, 0.1) is 17.4 Å². The molecule has 1 atom stereocenters. The zero-order valence-corrected chi connectivity index (χ0v) is 12.0. The van der Waals surface area contributed by atoms with E-state index >= 15 is 0 Å². The number of fused-ring (bicyclic) bond motifs is 1. The van der Waals surface area contributed by atoms with Crippen molar-refractivity contribution in [1.82, 2.24) is 0 Å². The maximum Gasteiger partial charge on any atom is 0.244 e. The van der Waals surface area contributed by atoms with E-state index in [4.69, 9.17) is 5.73 Å². The minimum atomic E-state index is -0.406. The number of carbonyl (C=O) groups excluding carboxylic acids is 1. The molecule has 2 rings (SSSR count). The van der Waals surface area contributed by atoms with Crippen molar-refractivity contribution in [2.75, 3.05) is 29.9 Å². The lowest BCUT2D eigenvalue weighted by molar-refractivity contribution is -0.120. The molecule has 1 aromatic rings. The first-order chi connectivity index (χ1) is 9.00. The molecular formula is C15H23N3O. The molecule has 19 heavy (non-hydrogen) atoms. The average Bonchev–Trinajstić information content (AvgIpc) is 2.38. The quantitative estimate of drug-likeness (QED) is 0.903. The summed E-state index contributed by atoms with van der Waals surface area (Å²) in [7, 11) is 2.05.